The molecule has 0 radical (unpaired) electrons. The van der Waals surface area contributed by atoms with E-state index in [1.807, 2.05) is 60.7 Å². The van der Waals surface area contributed by atoms with E-state index in [-0.39, 0.29) is 17.3 Å². The van der Waals surface area contributed by atoms with Gasteiger partial charge in [-0.3, -0.25) is 0 Å². The molecule has 0 amide bonds. The van der Waals surface area contributed by atoms with Crippen molar-refractivity contribution in [3.05, 3.63) is 83.7 Å². The number of rotatable bonds is 2. The third-order valence-corrected chi connectivity index (χ3v) is 4.80. The van der Waals surface area contributed by atoms with Crippen molar-refractivity contribution in [1.29, 1.82) is 0 Å². The van der Waals surface area contributed by atoms with E-state index in [1.54, 1.807) is 0 Å². The fourth-order valence-electron chi connectivity index (χ4n) is 3.48. The molecule has 5 rings (SSSR count). The van der Waals surface area contributed by atoms with Gasteiger partial charge in [-0.15, -0.1) is 0 Å². The first-order chi connectivity index (χ1) is 12.8. The molecule has 126 valence electrons. The molecule has 2 aliphatic rings. The van der Waals surface area contributed by atoms with E-state index in [9.17, 15) is 0 Å². The molecule has 0 spiro atoms. The van der Waals surface area contributed by atoms with E-state index >= 15 is 0 Å². The molecule has 2 unspecified atom stereocenters. The van der Waals surface area contributed by atoms with Gasteiger partial charge in [-0.05, 0) is 23.7 Å². The van der Waals surface area contributed by atoms with Crippen LogP contribution in [0.5, 0.6) is 5.75 Å². The summed E-state index contributed by atoms with van der Waals surface area (Å²) in [4.78, 5) is 13.4. The molecule has 5 heteroatoms. The summed E-state index contributed by atoms with van der Waals surface area (Å²) in [5.41, 5.74) is 2.93. The summed E-state index contributed by atoms with van der Waals surface area (Å²) in [6.07, 6.45) is 8.30. The number of hydrogen-bond donors (Lipinski definition) is 0. The molecule has 26 heavy (non-hydrogen) atoms. The number of nitrogens with zero attached hydrogens (tertiary/aromatic N) is 3. The molecule has 0 saturated carbocycles. The van der Waals surface area contributed by atoms with Crippen molar-refractivity contribution in [3.8, 4) is 28.5 Å². The second-order valence-corrected chi connectivity index (χ2v) is 6.55. The Morgan fingerprint density at radius 3 is 2.50 bits per heavy atom. The van der Waals surface area contributed by atoms with Crippen molar-refractivity contribution in [2.24, 2.45) is 0 Å². The van der Waals surface area contributed by atoms with Crippen LogP contribution in [0, 0.1) is 0 Å². The topological polar surface area (TPSA) is 47.9 Å². The number of hydrogen-bond acceptors (Lipinski definition) is 4. The van der Waals surface area contributed by atoms with Crippen molar-refractivity contribution < 1.29 is 4.74 Å². The number of halogens is 1. The molecular formula is C21H14ClN3O. The molecule has 3 aromatic rings. The molecule has 0 N–H and O–H groups in total. The van der Waals surface area contributed by atoms with Crippen LogP contribution in [-0.2, 0) is 0 Å². The van der Waals surface area contributed by atoms with Gasteiger partial charge in [0.05, 0.1) is 0 Å². The monoisotopic (exact) mass is 359 g/mol. The highest BCUT2D eigenvalue weighted by Crippen LogP contribution is 2.45. The van der Waals surface area contributed by atoms with Crippen molar-refractivity contribution in [2.75, 3.05) is 0 Å². The Morgan fingerprint density at radius 2 is 1.62 bits per heavy atom. The Kier molecular flexibility index (Phi) is 3.57. The van der Waals surface area contributed by atoms with Crippen molar-refractivity contribution in [3.63, 3.8) is 0 Å². The van der Waals surface area contributed by atoms with E-state index < -0.39 is 0 Å². The Labute approximate surface area is 155 Å². The maximum atomic E-state index is 6.22. The molecule has 2 heterocycles. The van der Waals surface area contributed by atoms with Crippen LogP contribution >= 0.6 is 11.6 Å². The lowest BCUT2D eigenvalue weighted by Crippen LogP contribution is -2.16. The minimum absolute atomic E-state index is 0.0158. The molecule has 0 bridgehead atoms. The highest BCUT2D eigenvalue weighted by Gasteiger charge is 2.34. The van der Waals surface area contributed by atoms with E-state index in [1.165, 1.54) is 0 Å². The number of ether oxygens (including phenoxy) is 1. The average Bonchev–Trinajstić information content (AvgIpc) is 3.07. The fourth-order valence-corrected chi connectivity index (χ4v) is 3.64. The first kappa shape index (κ1) is 15.3. The zero-order chi connectivity index (χ0) is 17.5. The summed E-state index contributed by atoms with van der Waals surface area (Å²) in [6.45, 7) is 0. The molecule has 1 aliphatic heterocycles. The smallest absolute Gasteiger partial charge is 0.226 e. The molecule has 1 aliphatic carbocycles. The van der Waals surface area contributed by atoms with Gasteiger partial charge in [-0.2, -0.15) is 9.97 Å². The number of allylic oxidation sites excluding steroid dienone is 2. The Bertz CT molecular complexity index is 1050. The number of aromatic nitrogens is 3. The van der Waals surface area contributed by atoms with Crippen LogP contribution < -0.4 is 4.74 Å². The Morgan fingerprint density at radius 1 is 0.808 bits per heavy atom. The van der Waals surface area contributed by atoms with E-state index in [0.29, 0.717) is 11.6 Å². The van der Waals surface area contributed by atoms with Crippen LogP contribution in [0.25, 0.3) is 22.8 Å². The van der Waals surface area contributed by atoms with Crippen LogP contribution in [0.1, 0.15) is 11.5 Å². The first-order valence-electron chi connectivity index (χ1n) is 8.41. The van der Waals surface area contributed by atoms with Gasteiger partial charge in [0, 0.05) is 22.6 Å². The molecule has 1 aromatic heterocycles. The predicted molar refractivity (Wildman–Crippen MR) is 101 cm³/mol. The van der Waals surface area contributed by atoms with Crippen molar-refractivity contribution >= 4 is 11.6 Å². The molecule has 0 fully saturated rings. The molecule has 2 aromatic carbocycles. The molecule has 0 saturated heterocycles. The summed E-state index contributed by atoms with van der Waals surface area (Å²) in [6, 6.07) is 15.7. The first-order valence-corrected chi connectivity index (χ1v) is 8.79. The summed E-state index contributed by atoms with van der Waals surface area (Å²) < 4.78 is 6.08. The van der Waals surface area contributed by atoms with Gasteiger partial charge in [0.25, 0.3) is 0 Å². The third-order valence-electron chi connectivity index (χ3n) is 4.63. The maximum absolute atomic E-state index is 6.22. The van der Waals surface area contributed by atoms with Crippen LogP contribution in [0.15, 0.2) is 72.8 Å². The minimum Gasteiger partial charge on any atom is -0.485 e. The SMILES string of the molecule is Clc1nc(-c2ccccc2)nc(-c2cccc3c2C2C=CC=CC2O3)n1. The summed E-state index contributed by atoms with van der Waals surface area (Å²) in [5.74, 6) is 2.15. The summed E-state index contributed by atoms with van der Waals surface area (Å²) in [5, 5.41) is 0.181. The lowest BCUT2D eigenvalue weighted by molar-refractivity contribution is 0.269. The maximum Gasteiger partial charge on any atom is 0.226 e. The van der Waals surface area contributed by atoms with Crippen molar-refractivity contribution in [1.82, 2.24) is 15.0 Å². The minimum atomic E-state index is 0.0158. The van der Waals surface area contributed by atoms with Gasteiger partial charge in [-0.25, -0.2) is 4.98 Å². The number of fused-ring (bicyclic) bond motifs is 3. The Balaban J connectivity index is 1.67. The zero-order valence-corrected chi connectivity index (χ0v) is 14.5. The van der Waals surface area contributed by atoms with Gasteiger partial charge < -0.3 is 4.74 Å². The molecule has 2 atom stereocenters. The van der Waals surface area contributed by atoms with Gasteiger partial charge in [0.2, 0.25) is 5.28 Å². The normalized spacial score (nSPS) is 19.7. The predicted octanol–water partition coefficient (Wildman–Crippen LogP) is 4.83. The van der Waals surface area contributed by atoms with Crippen LogP contribution in [0.3, 0.4) is 0 Å². The third kappa shape index (κ3) is 2.50. The van der Waals surface area contributed by atoms with Gasteiger partial charge in [-0.1, -0.05) is 60.7 Å². The largest absolute Gasteiger partial charge is 0.485 e. The van der Waals surface area contributed by atoms with Gasteiger partial charge >= 0.3 is 0 Å². The Hall–Kier alpha value is -2.98. The quantitative estimate of drug-likeness (QED) is 0.657. The average molecular weight is 360 g/mol. The van der Waals surface area contributed by atoms with Crippen molar-refractivity contribution in [2.45, 2.75) is 12.0 Å². The van der Waals surface area contributed by atoms with E-state index in [2.05, 4.69) is 27.1 Å². The second-order valence-electron chi connectivity index (χ2n) is 6.21. The summed E-state index contributed by atoms with van der Waals surface area (Å²) >= 11 is 6.22. The second kappa shape index (κ2) is 6.07. The fraction of sp³-hybridized carbons (Fsp3) is 0.0952. The van der Waals surface area contributed by atoms with Gasteiger partial charge in [0.1, 0.15) is 11.9 Å². The molecule has 4 nitrogen and oxygen atoms in total. The lowest BCUT2D eigenvalue weighted by Gasteiger charge is -2.15. The molecular weight excluding hydrogens is 346 g/mol. The van der Waals surface area contributed by atoms with Gasteiger partial charge in [0.15, 0.2) is 11.6 Å². The highest BCUT2D eigenvalue weighted by molar-refractivity contribution is 6.28. The zero-order valence-electron chi connectivity index (χ0n) is 13.7. The standard InChI is InChI=1S/C21H14ClN3O/c22-21-24-19(13-7-2-1-3-8-13)23-20(25-21)15-10-6-12-17-18(15)14-9-4-5-11-16(14)26-17/h1-12,14,16H. The lowest BCUT2D eigenvalue weighted by atomic mass is 9.88. The van der Waals surface area contributed by atoms with E-state index in [4.69, 9.17) is 16.3 Å². The summed E-state index contributed by atoms with van der Waals surface area (Å²) in [7, 11) is 0. The highest BCUT2D eigenvalue weighted by atomic mass is 35.5. The van der Waals surface area contributed by atoms with Crippen LogP contribution in [0.2, 0.25) is 5.28 Å². The number of benzene rings is 2. The van der Waals surface area contributed by atoms with Crippen LogP contribution in [0.4, 0.5) is 0 Å². The van der Waals surface area contributed by atoms with Crippen LogP contribution in [-0.4, -0.2) is 21.1 Å². The van der Waals surface area contributed by atoms with E-state index in [0.717, 1.165) is 22.4 Å².